The maximum absolute atomic E-state index is 13.2. The van der Waals surface area contributed by atoms with Crippen molar-refractivity contribution in [3.8, 4) is 0 Å². The van der Waals surface area contributed by atoms with Crippen LogP contribution in [0.3, 0.4) is 0 Å². The van der Waals surface area contributed by atoms with Gasteiger partial charge in [-0.2, -0.15) is 0 Å². The van der Waals surface area contributed by atoms with E-state index in [-0.39, 0.29) is 34.5 Å². The van der Waals surface area contributed by atoms with Crippen LogP contribution < -0.4 is 5.32 Å². The second kappa shape index (κ2) is 9.33. The summed E-state index contributed by atoms with van der Waals surface area (Å²) in [5, 5.41) is 14.4. The van der Waals surface area contributed by atoms with Crippen molar-refractivity contribution in [3.63, 3.8) is 0 Å². The lowest BCUT2D eigenvalue weighted by Crippen LogP contribution is -2.33. The number of allylic oxidation sites excluding steroid dienone is 2. The smallest absolute Gasteiger partial charge is 0.336 e. The molecule has 9 nitrogen and oxygen atoms in total. The summed E-state index contributed by atoms with van der Waals surface area (Å²) < 4.78 is 16.4. The number of dihydropyridines is 1. The van der Waals surface area contributed by atoms with Crippen LogP contribution in [0.2, 0.25) is 0 Å². The SMILES string of the molecule is COC(=O)C1=C(C)NC(C)=C(C(=O)OCC2CSC(C)(C)O2)C1c1cccc([N+](=O)[O-])c1. The largest absolute Gasteiger partial charge is 0.466 e. The van der Waals surface area contributed by atoms with Gasteiger partial charge in [-0.3, -0.25) is 10.1 Å². The molecule has 2 atom stereocenters. The molecule has 0 aromatic heterocycles. The summed E-state index contributed by atoms with van der Waals surface area (Å²) in [6.45, 7) is 7.35. The number of nitrogens with zero attached hydrogens (tertiary/aromatic N) is 1. The zero-order chi connectivity index (χ0) is 23.6. The summed E-state index contributed by atoms with van der Waals surface area (Å²) in [6.07, 6.45) is -0.245. The summed E-state index contributed by atoms with van der Waals surface area (Å²) in [4.78, 5) is 36.3. The van der Waals surface area contributed by atoms with Crippen LogP contribution in [-0.2, 0) is 23.8 Å². The fourth-order valence-corrected chi connectivity index (χ4v) is 4.84. The quantitative estimate of drug-likeness (QED) is 0.385. The Morgan fingerprint density at radius 3 is 2.47 bits per heavy atom. The van der Waals surface area contributed by atoms with Gasteiger partial charge in [-0.1, -0.05) is 12.1 Å². The Kier molecular flexibility index (Phi) is 6.94. The van der Waals surface area contributed by atoms with Crippen LogP contribution in [0.5, 0.6) is 0 Å². The standard InChI is InChI=1S/C22H26N2O7S/c1-12-17(20(25)29-5)19(14-7-6-8-15(9-14)24(27)28)18(13(2)23-12)21(26)30-10-16-11-32-22(3,4)31-16/h6-9,16,19,23H,10-11H2,1-5H3. The first-order valence-electron chi connectivity index (χ1n) is 10.0. The number of hydrogen-bond acceptors (Lipinski definition) is 9. The van der Waals surface area contributed by atoms with Gasteiger partial charge < -0.3 is 19.5 Å². The van der Waals surface area contributed by atoms with Gasteiger partial charge in [0.15, 0.2) is 0 Å². The zero-order valence-electron chi connectivity index (χ0n) is 18.6. The number of carbonyl (C=O) groups excluding carboxylic acids is 2. The molecular weight excluding hydrogens is 436 g/mol. The molecule has 0 spiro atoms. The molecule has 32 heavy (non-hydrogen) atoms. The fraction of sp³-hybridized carbons (Fsp3) is 0.455. The molecule has 10 heteroatoms. The summed E-state index contributed by atoms with van der Waals surface area (Å²) in [5.41, 5.74) is 1.66. The summed E-state index contributed by atoms with van der Waals surface area (Å²) in [6, 6.07) is 5.86. The third-order valence-corrected chi connectivity index (χ3v) is 6.60. The number of nitro groups is 1. The molecule has 1 aromatic carbocycles. The van der Waals surface area contributed by atoms with E-state index in [4.69, 9.17) is 14.2 Å². The van der Waals surface area contributed by atoms with Crippen LogP contribution in [0.15, 0.2) is 46.8 Å². The Hall–Kier alpha value is -2.85. The maximum Gasteiger partial charge on any atom is 0.336 e. The molecular formula is C22H26N2O7S. The monoisotopic (exact) mass is 462 g/mol. The zero-order valence-corrected chi connectivity index (χ0v) is 19.4. The minimum absolute atomic E-state index is 0.0595. The molecule has 2 heterocycles. The van der Waals surface area contributed by atoms with Gasteiger partial charge in [0, 0.05) is 29.3 Å². The maximum atomic E-state index is 13.2. The number of ether oxygens (including phenoxy) is 3. The Labute approximate surface area is 190 Å². The highest BCUT2D eigenvalue weighted by Gasteiger charge is 2.39. The average Bonchev–Trinajstić information content (AvgIpc) is 3.09. The number of hydrogen-bond donors (Lipinski definition) is 1. The van der Waals surface area contributed by atoms with E-state index in [2.05, 4.69) is 5.32 Å². The van der Waals surface area contributed by atoms with Gasteiger partial charge in [-0.05, 0) is 33.3 Å². The highest BCUT2D eigenvalue weighted by molar-refractivity contribution is 8.00. The number of methoxy groups -OCH3 is 1. The Morgan fingerprint density at radius 2 is 1.91 bits per heavy atom. The van der Waals surface area contributed by atoms with Crippen molar-refractivity contribution >= 4 is 29.4 Å². The van der Waals surface area contributed by atoms with Crippen molar-refractivity contribution in [1.82, 2.24) is 5.32 Å². The molecule has 0 saturated carbocycles. The number of esters is 2. The fourth-order valence-electron chi connectivity index (χ4n) is 3.89. The van der Waals surface area contributed by atoms with E-state index < -0.39 is 22.8 Å². The average molecular weight is 463 g/mol. The van der Waals surface area contributed by atoms with Crippen molar-refractivity contribution in [1.29, 1.82) is 0 Å². The minimum Gasteiger partial charge on any atom is -0.466 e. The molecule has 0 aliphatic carbocycles. The van der Waals surface area contributed by atoms with Crippen LogP contribution in [0.1, 0.15) is 39.2 Å². The van der Waals surface area contributed by atoms with Crippen LogP contribution in [-0.4, -0.2) is 47.4 Å². The predicted octanol–water partition coefficient (Wildman–Crippen LogP) is 3.41. The van der Waals surface area contributed by atoms with Crippen molar-refractivity contribution in [2.24, 2.45) is 0 Å². The first-order valence-corrected chi connectivity index (χ1v) is 11.0. The van der Waals surface area contributed by atoms with Gasteiger partial charge in [0.2, 0.25) is 0 Å². The normalized spacial score (nSPS) is 22.4. The molecule has 2 unspecified atom stereocenters. The van der Waals surface area contributed by atoms with E-state index in [0.717, 1.165) is 0 Å². The van der Waals surface area contributed by atoms with Crippen molar-refractivity contribution < 1.29 is 28.7 Å². The summed E-state index contributed by atoms with van der Waals surface area (Å²) in [7, 11) is 1.24. The molecule has 1 saturated heterocycles. The van der Waals surface area contributed by atoms with Gasteiger partial charge in [-0.25, -0.2) is 9.59 Å². The topological polar surface area (TPSA) is 117 Å². The Bertz CT molecular complexity index is 1020. The molecule has 0 bridgehead atoms. The molecule has 1 aromatic rings. The lowest BCUT2D eigenvalue weighted by molar-refractivity contribution is -0.384. The van der Waals surface area contributed by atoms with Crippen LogP contribution >= 0.6 is 11.8 Å². The third kappa shape index (κ3) is 4.97. The van der Waals surface area contributed by atoms with Gasteiger partial charge in [0.05, 0.1) is 29.1 Å². The van der Waals surface area contributed by atoms with Crippen molar-refractivity contribution in [2.75, 3.05) is 19.5 Å². The first-order chi connectivity index (χ1) is 15.0. The predicted molar refractivity (Wildman–Crippen MR) is 119 cm³/mol. The number of nitrogens with one attached hydrogen (secondary N) is 1. The van der Waals surface area contributed by atoms with E-state index in [1.165, 1.54) is 25.3 Å². The molecule has 3 rings (SSSR count). The number of non-ortho nitro benzene ring substituents is 1. The Morgan fingerprint density at radius 1 is 1.25 bits per heavy atom. The van der Waals surface area contributed by atoms with Gasteiger partial charge in [-0.15, -0.1) is 11.8 Å². The van der Waals surface area contributed by atoms with Crippen LogP contribution in [0, 0.1) is 10.1 Å². The molecule has 0 amide bonds. The minimum atomic E-state index is -0.883. The number of carbonyl (C=O) groups is 2. The second-order valence-electron chi connectivity index (χ2n) is 8.03. The Balaban J connectivity index is 1.97. The molecule has 1 fully saturated rings. The number of rotatable bonds is 6. The van der Waals surface area contributed by atoms with Gasteiger partial charge >= 0.3 is 11.9 Å². The number of benzene rings is 1. The van der Waals surface area contributed by atoms with E-state index in [1.54, 1.807) is 31.7 Å². The van der Waals surface area contributed by atoms with E-state index in [1.807, 2.05) is 13.8 Å². The lowest BCUT2D eigenvalue weighted by atomic mass is 9.80. The molecule has 172 valence electrons. The van der Waals surface area contributed by atoms with E-state index >= 15 is 0 Å². The highest BCUT2D eigenvalue weighted by Crippen LogP contribution is 2.40. The van der Waals surface area contributed by atoms with E-state index in [0.29, 0.717) is 22.7 Å². The lowest BCUT2D eigenvalue weighted by Gasteiger charge is -2.30. The van der Waals surface area contributed by atoms with E-state index in [9.17, 15) is 19.7 Å². The van der Waals surface area contributed by atoms with Gasteiger partial charge in [0.25, 0.3) is 5.69 Å². The number of thioether (sulfide) groups is 1. The van der Waals surface area contributed by atoms with Crippen LogP contribution in [0.4, 0.5) is 5.69 Å². The summed E-state index contributed by atoms with van der Waals surface area (Å²) >= 11 is 1.63. The molecule has 2 aliphatic rings. The highest BCUT2D eigenvalue weighted by atomic mass is 32.2. The third-order valence-electron chi connectivity index (χ3n) is 5.27. The van der Waals surface area contributed by atoms with Crippen molar-refractivity contribution in [2.45, 2.75) is 44.6 Å². The first kappa shape index (κ1) is 23.8. The molecule has 1 N–H and O–H groups in total. The second-order valence-corrected chi connectivity index (χ2v) is 9.63. The molecule has 0 radical (unpaired) electrons. The van der Waals surface area contributed by atoms with Crippen molar-refractivity contribution in [3.05, 3.63) is 62.5 Å². The molecule has 2 aliphatic heterocycles. The summed E-state index contributed by atoms with van der Waals surface area (Å²) in [5.74, 6) is -1.45. The van der Waals surface area contributed by atoms with Gasteiger partial charge in [0.1, 0.15) is 17.6 Å². The van der Waals surface area contributed by atoms with Crippen LogP contribution in [0.25, 0.3) is 0 Å². The number of nitro benzene ring substituents is 1.